The maximum atomic E-state index is 6.27. The van der Waals surface area contributed by atoms with Gasteiger partial charge in [-0.15, -0.1) is 4.65 Å². The van der Waals surface area contributed by atoms with E-state index in [2.05, 4.69) is 20.9 Å². The summed E-state index contributed by atoms with van der Waals surface area (Å²) in [5.74, 6) is 0.907. The lowest BCUT2D eigenvalue weighted by Gasteiger charge is -2.36. The third-order valence-electron chi connectivity index (χ3n) is 4.44. The smallest absolute Gasteiger partial charge is 0.228 e. The Kier molecular flexibility index (Phi) is 13.1. The molecule has 1 aromatic rings. The van der Waals surface area contributed by atoms with Crippen molar-refractivity contribution in [3.8, 4) is 5.75 Å². The molecular weight excluding hydrogens is 322 g/mol. The first-order valence-corrected chi connectivity index (χ1v) is 9.33. The van der Waals surface area contributed by atoms with Crippen LogP contribution in [0.5, 0.6) is 5.75 Å². The summed E-state index contributed by atoms with van der Waals surface area (Å²) in [5.41, 5.74) is 0. The molecule has 24 heavy (non-hydrogen) atoms. The molecule has 0 radical (unpaired) electrons. The number of ether oxygens (including phenoxy) is 1. The van der Waals surface area contributed by atoms with Gasteiger partial charge in [-0.2, -0.15) is 0 Å². The molecule has 2 atom stereocenters. The van der Waals surface area contributed by atoms with Crippen molar-refractivity contribution in [2.45, 2.75) is 71.9 Å². The van der Waals surface area contributed by atoms with Crippen LogP contribution in [0.25, 0.3) is 0 Å². The zero-order chi connectivity index (χ0) is 17.0. The summed E-state index contributed by atoms with van der Waals surface area (Å²) in [6, 6.07) is 10.1. The van der Waals surface area contributed by atoms with Gasteiger partial charge in [0.1, 0.15) is 13.6 Å². The number of rotatable bonds is 13. The number of unbranched alkanes of at least 4 members (excludes halogenated alkanes) is 6. The van der Waals surface area contributed by atoms with E-state index in [1.165, 1.54) is 44.9 Å². The molecule has 4 heteroatoms. The highest BCUT2D eigenvalue weighted by Crippen LogP contribution is 2.21. The van der Waals surface area contributed by atoms with Crippen LogP contribution in [-0.2, 0) is 4.74 Å². The largest absolute Gasteiger partial charge is 1.00 e. The average Bonchev–Trinajstić information content (AvgIpc) is 2.55. The van der Waals surface area contributed by atoms with Crippen molar-refractivity contribution in [2.24, 2.45) is 0 Å². The summed E-state index contributed by atoms with van der Waals surface area (Å²) < 4.78 is 6.32. The predicted octanol–water partition coefficient (Wildman–Crippen LogP) is 2.56. The SMILES string of the molecule is CCCCCCCCC[N+](C)(Oc1ccccc1)C(C)OCC.[Cl-]. The summed E-state index contributed by atoms with van der Waals surface area (Å²) >= 11 is 0. The van der Waals surface area contributed by atoms with Crippen molar-refractivity contribution in [3.63, 3.8) is 0 Å². The third kappa shape index (κ3) is 8.91. The minimum atomic E-state index is 0. The van der Waals surface area contributed by atoms with Crippen molar-refractivity contribution < 1.29 is 26.6 Å². The Balaban J connectivity index is 0.00000529. The first kappa shape index (κ1) is 23.2. The van der Waals surface area contributed by atoms with Crippen molar-refractivity contribution >= 4 is 0 Å². The lowest BCUT2D eigenvalue weighted by molar-refractivity contribution is -1.10. The minimum absolute atomic E-state index is 0. The number of benzene rings is 1. The third-order valence-corrected chi connectivity index (χ3v) is 4.44. The number of quaternary nitrogens is 1. The van der Waals surface area contributed by atoms with E-state index in [4.69, 9.17) is 9.57 Å². The van der Waals surface area contributed by atoms with Gasteiger partial charge in [-0.3, -0.25) is 0 Å². The predicted molar refractivity (Wildman–Crippen MR) is 97.2 cm³/mol. The fraction of sp³-hybridized carbons (Fsp3) is 0.700. The van der Waals surface area contributed by atoms with E-state index < -0.39 is 0 Å². The molecule has 0 aliphatic heterocycles. The van der Waals surface area contributed by atoms with Gasteiger partial charge in [0, 0.05) is 13.3 Å². The first-order chi connectivity index (χ1) is 11.1. The summed E-state index contributed by atoms with van der Waals surface area (Å²) in [5, 5.41) is 0. The molecule has 2 unspecified atom stereocenters. The Labute approximate surface area is 155 Å². The van der Waals surface area contributed by atoms with E-state index in [1.807, 2.05) is 37.3 Å². The monoisotopic (exact) mass is 357 g/mol. The second kappa shape index (κ2) is 13.5. The summed E-state index contributed by atoms with van der Waals surface area (Å²) in [4.78, 5) is 6.27. The highest BCUT2D eigenvalue weighted by molar-refractivity contribution is 5.20. The molecule has 1 aromatic carbocycles. The highest BCUT2D eigenvalue weighted by Gasteiger charge is 2.32. The zero-order valence-electron chi connectivity index (χ0n) is 16.0. The van der Waals surface area contributed by atoms with Gasteiger partial charge in [0.2, 0.25) is 6.23 Å². The Bertz CT molecular complexity index is 402. The van der Waals surface area contributed by atoms with Gasteiger partial charge in [0.15, 0.2) is 5.75 Å². The molecule has 0 heterocycles. The molecule has 3 nitrogen and oxygen atoms in total. The normalized spacial score (nSPS) is 14.5. The first-order valence-electron chi connectivity index (χ1n) is 9.33. The Morgan fingerprint density at radius 2 is 1.50 bits per heavy atom. The van der Waals surface area contributed by atoms with Crippen LogP contribution in [0.3, 0.4) is 0 Å². The van der Waals surface area contributed by atoms with Crippen LogP contribution >= 0.6 is 0 Å². The van der Waals surface area contributed by atoms with Crippen molar-refractivity contribution in [1.82, 2.24) is 0 Å². The van der Waals surface area contributed by atoms with Crippen LogP contribution in [0, 0.1) is 0 Å². The molecule has 140 valence electrons. The molecule has 0 saturated heterocycles. The molecule has 0 fully saturated rings. The van der Waals surface area contributed by atoms with E-state index in [1.54, 1.807) is 0 Å². The minimum Gasteiger partial charge on any atom is -1.00 e. The van der Waals surface area contributed by atoms with Gasteiger partial charge in [-0.1, -0.05) is 57.2 Å². The molecule has 0 aliphatic carbocycles. The number of hydrogen-bond acceptors (Lipinski definition) is 2. The van der Waals surface area contributed by atoms with Gasteiger partial charge in [0.05, 0.1) is 6.61 Å². The van der Waals surface area contributed by atoms with Gasteiger partial charge in [-0.25, -0.2) is 0 Å². The van der Waals surface area contributed by atoms with Crippen LogP contribution in [0.15, 0.2) is 30.3 Å². The lowest BCUT2D eigenvalue weighted by Crippen LogP contribution is -3.00. The van der Waals surface area contributed by atoms with Gasteiger partial charge >= 0.3 is 0 Å². The summed E-state index contributed by atoms with van der Waals surface area (Å²) in [6.45, 7) is 8.09. The van der Waals surface area contributed by atoms with Crippen molar-refractivity contribution in [2.75, 3.05) is 20.2 Å². The van der Waals surface area contributed by atoms with E-state index in [-0.39, 0.29) is 18.6 Å². The van der Waals surface area contributed by atoms with Crippen LogP contribution < -0.4 is 17.2 Å². The molecular formula is C20H36ClNO2. The molecule has 0 saturated carbocycles. The number of hydroxylamine groups is 3. The van der Waals surface area contributed by atoms with E-state index in [0.29, 0.717) is 11.3 Å². The fourth-order valence-corrected chi connectivity index (χ4v) is 2.81. The topological polar surface area (TPSA) is 18.5 Å². The molecule has 0 aliphatic rings. The quantitative estimate of drug-likeness (QED) is 0.234. The standard InChI is InChI=1S/C20H36NO2.ClH/c1-5-7-8-9-10-11-15-18-21(4,19(3)22-6-2)23-20-16-13-12-14-17-20;/h12-14,16-17,19H,5-11,15,18H2,1-4H3;1H/q+1;/p-1. The Morgan fingerprint density at radius 3 is 2.08 bits per heavy atom. The van der Waals surface area contributed by atoms with Crippen molar-refractivity contribution in [1.29, 1.82) is 0 Å². The Hall–Kier alpha value is -0.770. The number of nitrogens with zero attached hydrogens (tertiary/aromatic N) is 1. The molecule has 1 rings (SSSR count). The average molecular weight is 358 g/mol. The summed E-state index contributed by atoms with van der Waals surface area (Å²) in [6.07, 6.45) is 9.21. The van der Waals surface area contributed by atoms with E-state index >= 15 is 0 Å². The van der Waals surface area contributed by atoms with Crippen LogP contribution in [0.1, 0.15) is 65.7 Å². The maximum absolute atomic E-state index is 6.27. The van der Waals surface area contributed by atoms with Gasteiger partial charge in [-0.05, 0) is 25.5 Å². The number of halogens is 1. The molecule has 0 amide bonds. The maximum Gasteiger partial charge on any atom is 0.228 e. The van der Waals surface area contributed by atoms with Crippen LogP contribution in [0.4, 0.5) is 0 Å². The Morgan fingerprint density at radius 1 is 0.917 bits per heavy atom. The second-order valence-electron chi connectivity index (χ2n) is 6.48. The molecule has 0 aromatic heterocycles. The van der Waals surface area contributed by atoms with Crippen LogP contribution in [0.2, 0.25) is 0 Å². The second-order valence-corrected chi connectivity index (χ2v) is 6.48. The number of para-hydroxylation sites is 1. The molecule has 0 bridgehead atoms. The van der Waals surface area contributed by atoms with Crippen molar-refractivity contribution in [3.05, 3.63) is 30.3 Å². The van der Waals surface area contributed by atoms with E-state index in [9.17, 15) is 0 Å². The highest BCUT2D eigenvalue weighted by atomic mass is 35.5. The van der Waals surface area contributed by atoms with E-state index in [0.717, 1.165) is 12.3 Å². The number of hydrogen-bond donors (Lipinski definition) is 0. The van der Waals surface area contributed by atoms with Crippen LogP contribution in [-0.4, -0.2) is 31.1 Å². The fourth-order valence-electron chi connectivity index (χ4n) is 2.81. The van der Waals surface area contributed by atoms with Gasteiger partial charge < -0.3 is 22.0 Å². The molecule has 0 N–H and O–H groups in total. The molecule has 0 spiro atoms. The lowest BCUT2D eigenvalue weighted by atomic mass is 10.1. The van der Waals surface area contributed by atoms with Gasteiger partial charge in [0.25, 0.3) is 0 Å². The summed E-state index contributed by atoms with van der Waals surface area (Å²) in [7, 11) is 2.13. The zero-order valence-corrected chi connectivity index (χ0v) is 16.7.